The van der Waals surface area contributed by atoms with Crippen molar-refractivity contribution in [1.29, 1.82) is 0 Å². The monoisotopic (exact) mass is 192 g/mol. The number of fused-ring (bicyclic) bond motifs is 1. The van der Waals surface area contributed by atoms with E-state index < -0.39 is 0 Å². The molecule has 0 aromatic heterocycles. The molecule has 1 heterocycles. The number of hydrogen-bond donors (Lipinski definition) is 1. The Bertz CT molecular complexity index is 360. The fourth-order valence-electron chi connectivity index (χ4n) is 2.10. The number of rotatable bonds is 1. The number of nitrogens with one attached hydrogen (secondary N) is 1. The molecular formula is C11H13FN2. The highest BCUT2D eigenvalue weighted by Crippen LogP contribution is 2.37. The number of nitrogens with zero attached hydrogens (tertiary/aromatic N) is 1. The third-order valence-corrected chi connectivity index (χ3v) is 2.92. The van der Waals surface area contributed by atoms with E-state index in [1.165, 1.54) is 18.5 Å². The highest BCUT2D eigenvalue weighted by molar-refractivity contribution is 5.72. The smallest absolute Gasteiger partial charge is 0.125 e. The average Bonchev–Trinajstić information content (AvgIpc) is 2.99. The quantitative estimate of drug-likeness (QED) is 0.734. The Labute approximate surface area is 82.7 Å². The standard InChI is InChI=1S/C11H13FN2/c12-8-1-4-11-10(7-8)13-5-6-14(11)9-2-3-9/h1,4,7,9,13H,2-3,5-6H2. The second-order valence-electron chi connectivity index (χ2n) is 4.01. The first-order valence-electron chi connectivity index (χ1n) is 5.15. The third kappa shape index (κ3) is 1.24. The topological polar surface area (TPSA) is 15.3 Å². The van der Waals surface area contributed by atoms with Gasteiger partial charge in [-0.15, -0.1) is 0 Å². The van der Waals surface area contributed by atoms with Crippen LogP contribution in [-0.2, 0) is 0 Å². The fraction of sp³-hybridized carbons (Fsp3) is 0.455. The largest absolute Gasteiger partial charge is 0.382 e. The number of hydrogen-bond acceptors (Lipinski definition) is 2. The zero-order chi connectivity index (χ0) is 9.54. The van der Waals surface area contributed by atoms with E-state index in [-0.39, 0.29) is 5.82 Å². The molecule has 2 aliphatic rings. The van der Waals surface area contributed by atoms with Crippen LogP contribution in [0.3, 0.4) is 0 Å². The lowest BCUT2D eigenvalue weighted by Gasteiger charge is -2.32. The maximum atomic E-state index is 13.0. The zero-order valence-corrected chi connectivity index (χ0v) is 7.96. The maximum absolute atomic E-state index is 13.0. The van der Waals surface area contributed by atoms with Crippen molar-refractivity contribution in [3.8, 4) is 0 Å². The normalized spacial score (nSPS) is 20.2. The molecule has 14 heavy (non-hydrogen) atoms. The number of benzene rings is 1. The van der Waals surface area contributed by atoms with Crippen LogP contribution in [0.2, 0.25) is 0 Å². The Kier molecular flexibility index (Phi) is 1.66. The lowest BCUT2D eigenvalue weighted by molar-refractivity contribution is 0.627. The lowest BCUT2D eigenvalue weighted by Crippen LogP contribution is -2.35. The average molecular weight is 192 g/mol. The van der Waals surface area contributed by atoms with Crippen LogP contribution in [0.25, 0.3) is 0 Å². The molecule has 74 valence electrons. The van der Waals surface area contributed by atoms with Gasteiger partial charge in [-0.2, -0.15) is 0 Å². The molecule has 0 bridgehead atoms. The van der Waals surface area contributed by atoms with Gasteiger partial charge in [-0.1, -0.05) is 0 Å². The molecule has 1 aliphatic carbocycles. The van der Waals surface area contributed by atoms with Crippen LogP contribution in [0.15, 0.2) is 18.2 Å². The second-order valence-corrected chi connectivity index (χ2v) is 4.01. The summed E-state index contributed by atoms with van der Waals surface area (Å²) < 4.78 is 13.0. The van der Waals surface area contributed by atoms with Gasteiger partial charge in [0.25, 0.3) is 0 Å². The van der Waals surface area contributed by atoms with Crippen molar-refractivity contribution in [2.24, 2.45) is 0 Å². The summed E-state index contributed by atoms with van der Waals surface area (Å²) in [4.78, 5) is 2.39. The van der Waals surface area contributed by atoms with Gasteiger partial charge in [-0.05, 0) is 31.0 Å². The van der Waals surface area contributed by atoms with Gasteiger partial charge in [0.1, 0.15) is 5.82 Å². The fourth-order valence-corrected chi connectivity index (χ4v) is 2.10. The van der Waals surface area contributed by atoms with Gasteiger partial charge in [0.2, 0.25) is 0 Å². The van der Waals surface area contributed by atoms with Gasteiger partial charge >= 0.3 is 0 Å². The molecule has 0 amide bonds. The lowest BCUT2D eigenvalue weighted by atomic mass is 10.2. The summed E-state index contributed by atoms with van der Waals surface area (Å²) in [5, 5.41) is 3.23. The van der Waals surface area contributed by atoms with Crippen LogP contribution >= 0.6 is 0 Å². The molecule has 1 saturated carbocycles. The minimum atomic E-state index is -0.158. The van der Waals surface area contributed by atoms with Crippen molar-refractivity contribution in [2.75, 3.05) is 23.3 Å². The molecule has 3 heteroatoms. The summed E-state index contributed by atoms with van der Waals surface area (Å²) in [7, 11) is 0. The Hall–Kier alpha value is -1.25. The number of halogens is 1. The molecule has 1 aromatic rings. The summed E-state index contributed by atoms with van der Waals surface area (Å²) in [6.07, 6.45) is 2.58. The Balaban J connectivity index is 2.01. The van der Waals surface area contributed by atoms with Crippen LogP contribution in [-0.4, -0.2) is 19.1 Å². The zero-order valence-electron chi connectivity index (χ0n) is 7.96. The third-order valence-electron chi connectivity index (χ3n) is 2.92. The first-order chi connectivity index (χ1) is 6.84. The van der Waals surface area contributed by atoms with E-state index in [9.17, 15) is 4.39 Å². The predicted octanol–water partition coefficient (Wildman–Crippen LogP) is 2.22. The summed E-state index contributed by atoms with van der Waals surface area (Å²) >= 11 is 0. The molecule has 2 nitrogen and oxygen atoms in total. The van der Waals surface area contributed by atoms with Crippen LogP contribution in [0, 0.1) is 5.82 Å². The summed E-state index contributed by atoms with van der Waals surface area (Å²) in [6, 6.07) is 5.72. The molecular weight excluding hydrogens is 179 g/mol. The SMILES string of the molecule is Fc1ccc2c(c1)NCCN2C1CC1. The van der Waals surface area contributed by atoms with Crippen molar-refractivity contribution in [3.05, 3.63) is 24.0 Å². The Morgan fingerprint density at radius 2 is 2.21 bits per heavy atom. The van der Waals surface area contributed by atoms with Crippen molar-refractivity contribution in [1.82, 2.24) is 0 Å². The molecule has 1 fully saturated rings. The first-order valence-corrected chi connectivity index (χ1v) is 5.15. The first kappa shape index (κ1) is 8.09. The van der Waals surface area contributed by atoms with Crippen molar-refractivity contribution < 1.29 is 4.39 Å². The van der Waals surface area contributed by atoms with Crippen LogP contribution in [0.4, 0.5) is 15.8 Å². The van der Waals surface area contributed by atoms with E-state index in [1.54, 1.807) is 12.1 Å². The molecule has 1 aromatic carbocycles. The van der Waals surface area contributed by atoms with Gasteiger partial charge < -0.3 is 10.2 Å². The van der Waals surface area contributed by atoms with E-state index in [2.05, 4.69) is 10.2 Å². The van der Waals surface area contributed by atoms with Crippen molar-refractivity contribution in [2.45, 2.75) is 18.9 Å². The number of anilines is 2. The summed E-state index contributed by atoms with van der Waals surface area (Å²) in [6.45, 7) is 1.97. The van der Waals surface area contributed by atoms with Crippen LogP contribution < -0.4 is 10.2 Å². The van der Waals surface area contributed by atoms with Gasteiger partial charge in [0.15, 0.2) is 0 Å². The Morgan fingerprint density at radius 3 is 3.00 bits per heavy atom. The molecule has 0 unspecified atom stereocenters. The van der Waals surface area contributed by atoms with E-state index in [4.69, 9.17) is 0 Å². The highest BCUT2D eigenvalue weighted by atomic mass is 19.1. The van der Waals surface area contributed by atoms with Crippen LogP contribution in [0.1, 0.15) is 12.8 Å². The summed E-state index contributed by atoms with van der Waals surface area (Å²) in [5.74, 6) is -0.158. The van der Waals surface area contributed by atoms with Gasteiger partial charge in [-0.3, -0.25) is 0 Å². The molecule has 0 saturated heterocycles. The molecule has 0 atom stereocenters. The van der Waals surface area contributed by atoms with Gasteiger partial charge in [0.05, 0.1) is 11.4 Å². The molecule has 1 aliphatic heterocycles. The highest BCUT2D eigenvalue weighted by Gasteiger charge is 2.31. The minimum absolute atomic E-state index is 0.158. The minimum Gasteiger partial charge on any atom is -0.382 e. The second kappa shape index (κ2) is 2.87. The molecule has 1 N–H and O–H groups in total. The van der Waals surface area contributed by atoms with Crippen molar-refractivity contribution >= 4 is 11.4 Å². The van der Waals surface area contributed by atoms with E-state index in [1.807, 2.05) is 6.07 Å². The van der Waals surface area contributed by atoms with E-state index in [0.29, 0.717) is 6.04 Å². The molecule has 0 radical (unpaired) electrons. The predicted molar refractivity (Wildman–Crippen MR) is 55.3 cm³/mol. The molecule has 3 rings (SSSR count). The summed E-state index contributed by atoms with van der Waals surface area (Å²) in [5.41, 5.74) is 2.11. The van der Waals surface area contributed by atoms with Gasteiger partial charge in [-0.25, -0.2) is 4.39 Å². The van der Waals surface area contributed by atoms with Crippen LogP contribution in [0.5, 0.6) is 0 Å². The Morgan fingerprint density at radius 1 is 1.36 bits per heavy atom. The van der Waals surface area contributed by atoms with E-state index in [0.717, 1.165) is 18.8 Å². The van der Waals surface area contributed by atoms with E-state index >= 15 is 0 Å². The maximum Gasteiger partial charge on any atom is 0.125 e. The molecule has 0 spiro atoms. The van der Waals surface area contributed by atoms with Crippen molar-refractivity contribution in [3.63, 3.8) is 0 Å². The van der Waals surface area contributed by atoms with Gasteiger partial charge in [0, 0.05) is 19.1 Å².